The lowest BCUT2D eigenvalue weighted by atomic mass is 9.56. The molecule has 0 unspecified atom stereocenters. The van der Waals surface area contributed by atoms with E-state index in [0.29, 0.717) is 0 Å². The van der Waals surface area contributed by atoms with Gasteiger partial charge in [-0.15, -0.1) is 49.2 Å². The van der Waals surface area contributed by atoms with Crippen LogP contribution >= 0.6 is 0 Å². The molecule has 0 saturated carbocycles. The molecule has 1 aromatic heterocycles. The van der Waals surface area contributed by atoms with Crippen molar-refractivity contribution in [1.29, 1.82) is 0 Å². The summed E-state index contributed by atoms with van der Waals surface area (Å²) in [6.45, 7) is 0. The first kappa shape index (κ1) is 44.9. The third-order valence-electron chi connectivity index (χ3n) is 17.6. The van der Waals surface area contributed by atoms with Gasteiger partial charge in [0.2, 0.25) is 0 Å². The SMILES string of the molecule is Bc1cc(-c2c(B)c(B)c3oc4c(B)c(B)c(B)c(B)c4c3c2B)c2c(-c3c(B)c(B)c(B)c(B)c3B)c3c(B)c(B)c(B)c(B)c3c(-c3c(B)c(B)c(B)c(B)c3B)c2c1B. The number of benzene rings is 7. The van der Waals surface area contributed by atoms with Gasteiger partial charge in [0.1, 0.15) is 192 Å². The molecule has 0 bridgehead atoms. The van der Waals surface area contributed by atoms with E-state index in [4.69, 9.17) is 4.42 Å². The Bertz CT molecular complexity index is 3390. The third kappa shape index (κ3) is 5.81. The van der Waals surface area contributed by atoms with Crippen LogP contribution in [0, 0.1) is 0 Å². The van der Waals surface area contributed by atoms with Crippen molar-refractivity contribution in [2.24, 2.45) is 0 Å². The van der Waals surface area contributed by atoms with Gasteiger partial charge in [-0.1, -0.05) is 82.5 Å². The van der Waals surface area contributed by atoms with Crippen molar-refractivity contribution in [2.45, 2.75) is 0 Å². The van der Waals surface area contributed by atoms with Crippen LogP contribution in [0.4, 0.5) is 0 Å². The first-order chi connectivity index (χ1) is 28.9. The molecule has 0 fully saturated rings. The fourth-order valence-corrected chi connectivity index (χ4v) is 11.9. The second-order valence-electron chi connectivity index (χ2n) is 19.9. The summed E-state index contributed by atoms with van der Waals surface area (Å²) in [5, 5.41) is 8.12. The molecule has 24 heteroatoms. The highest BCUT2D eigenvalue weighted by Gasteiger charge is 2.31. The van der Waals surface area contributed by atoms with Gasteiger partial charge in [0.25, 0.3) is 0 Å². The van der Waals surface area contributed by atoms with E-state index in [2.05, 4.69) is 187 Å². The van der Waals surface area contributed by atoms with Gasteiger partial charge in [-0.25, -0.2) is 0 Å². The van der Waals surface area contributed by atoms with Crippen molar-refractivity contribution < 1.29 is 4.42 Å². The van der Waals surface area contributed by atoms with Gasteiger partial charge in [-0.05, 0) is 54.9 Å². The summed E-state index contributed by atoms with van der Waals surface area (Å²) < 4.78 is 7.02. The van der Waals surface area contributed by atoms with Crippen LogP contribution in [-0.4, -0.2) is 180 Å². The van der Waals surface area contributed by atoms with Gasteiger partial charge in [0, 0.05) is 10.8 Å². The molecule has 7 aromatic carbocycles. The number of furan rings is 1. The Balaban J connectivity index is 1.81. The van der Waals surface area contributed by atoms with E-state index in [1.165, 1.54) is 191 Å². The van der Waals surface area contributed by atoms with E-state index in [9.17, 15) is 0 Å². The smallest absolute Gasteiger partial charge is 0.143 e. The monoisotopic (exact) mass is 773 g/mol. The molecule has 0 aliphatic rings. The largest absolute Gasteiger partial charge is 0.457 e. The van der Waals surface area contributed by atoms with Crippen LogP contribution in [0.15, 0.2) is 10.5 Å². The summed E-state index contributed by atoms with van der Waals surface area (Å²) in [6, 6.07) is 2.56. The average molecular weight is 768 g/mol. The molecular formula is C38H47B23O. The predicted octanol–water partition coefficient (Wildman–Crippen LogP) is -29.2. The van der Waals surface area contributed by atoms with E-state index in [-0.39, 0.29) is 0 Å². The van der Waals surface area contributed by atoms with Crippen LogP contribution in [0.25, 0.3) is 76.9 Å². The number of hydrogen-bond acceptors (Lipinski definition) is 1. The van der Waals surface area contributed by atoms with E-state index < -0.39 is 0 Å². The van der Waals surface area contributed by atoms with Crippen LogP contribution in [0.5, 0.6) is 0 Å². The van der Waals surface area contributed by atoms with E-state index in [1.54, 1.807) is 0 Å². The Morgan fingerprint density at radius 1 is 0.210 bits per heavy atom. The minimum absolute atomic E-state index is 1.03. The zero-order valence-electron chi connectivity index (χ0n) is 42.5. The highest BCUT2D eigenvalue weighted by Crippen LogP contribution is 2.43. The van der Waals surface area contributed by atoms with Gasteiger partial charge in [0.15, 0.2) is 0 Å². The molecule has 0 atom stereocenters. The van der Waals surface area contributed by atoms with Gasteiger partial charge < -0.3 is 4.42 Å². The lowest BCUT2D eigenvalue weighted by molar-refractivity contribution is 0.675. The Labute approximate surface area is 391 Å². The molecule has 274 valence electrons. The highest BCUT2D eigenvalue weighted by molar-refractivity contribution is 6.75. The third-order valence-corrected chi connectivity index (χ3v) is 17.6. The van der Waals surface area contributed by atoms with E-state index >= 15 is 0 Å². The number of hydrogen-bond donors (Lipinski definition) is 0. The fourth-order valence-electron chi connectivity index (χ4n) is 11.9. The Hall–Kier alpha value is -3.65. The van der Waals surface area contributed by atoms with Crippen molar-refractivity contribution in [1.82, 2.24) is 0 Å². The topological polar surface area (TPSA) is 13.1 Å². The maximum absolute atomic E-state index is 7.02. The quantitative estimate of drug-likeness (QED) is 0.129. The van der Waals surface area contributed by atoms with Crippen molar-refractivity contribution in [3.63, 3.8) is 0 Å². The first-order valence-electron chi connectivity index (χ1n) is 23.0. The van der Waals surface area contributed by atoms with Crippen LogP contribution in [-0.2, 0) is 0 Å². The molecule has 0 amide bonds. The Morgan fingerprint density at radius 3 is 0.903 bits per heavy atom. The Kier molecular flexibility index (Phi) is 11.0. The highest BCUT2D eigenvalue weighted by atomic mass is 16.3. The number of fused-ring (bicyclic) bond motifs is 5. The molecule has 0 aliphatic heterocycles. The summed E-state index contributed by atoms with van der Waals surface area (Å²) in [7, 11) is 53.9. The lowest BCUT2D eigenvalue weighted by Gasteiger charge is -2.32. The zero-order chi connectivity index (χ0) is 45.8. The molecule has 0 aliphatic carbocycles. The molecule has 0 N–H and O–H groups in total. The standard InChI is InChI=1S/C38H47B23O/c39-3-1-2(5-16(41)13-14-24(49)31(56)34(59)36(61)38(14)62-37(13)35(60)17(5)42)4-6(11-20(45)27(52)32(57)28(53)21(11)46)9-10(19(44)26(51)25(50)18(9)43)7(8(4)15(3)40)12-22(47)29(54)33(58)30(55)23(12)48/h1H,39-61H2. The van der Waals surface area contributed by atoms with Gasteiger partial charge >= 0.3 is 0 Å². The summed E-state index contributed by atoms with van der Waals surface area (Å²) in [4.78, 5) is 0. The van der Waals surface area contributed by atoms with Crippen LogP contribution in [0.2, 0.25) is 0 Å². The second-order valence-corrected chi connectivity index (χ2v) is 19.9. The minimum Gasteiger partial charge on any atom is -0.457 e. The Morgan fingerprint density at radius 2 is 0.484 bits per heavy atom. The molecule has 62 heavy (non-hydrogen) atoms. The van der Waals surface area contributed by atoms with Crippen LogP contribution in [0.3, 0.4) is 0 Å². The molecule has 1 nitrogen and oxygen atoms in total. The molecule has 0 saturated heterocycles. The van der Waals surface area contributed by atoms with Gasteiger partial charge in [-0.3, -0.25) is 0 Å². The van der Waals surface area contributed by atoms with Crippen molar-refractivity contribution in [3.8, 4) is 33.4 Å². The van der Waals surface area contributed by atoms with Crippen molar-refractivity contribution in [2.75, 3.05) is 0 Å². The second kappa shape index (κ2) is 15.2. The maximum Gasteiger partial charge on any atom is 0.143 e. The van der Waals surface area contributed by atoms with Crippen LogP contribution < -0.4 is 126 Å². The minimum atomic E-state index is 1.03. The van der Waals surface area contributed by atoms with E-state index in [1.807, 2.05) is 0 Å². The molecule has 0 spiro atoms. The van der Waals surface area contributed by atoms with Crippen molar-refractivity contribution >= 4 is 350 Å². The fraction of sp³-hybridized carbons (Fsp3) is 0. The number of rotatable bonds is 3. The summed E-state index contributed by atoms with van der Waals surface area (Å²) in [5.41, 5.74) is 41.5. The molecule has 8 rings (SSSR count). The zero-order valence-corrected chi connectivity index (χ0v) is 42.5. The van der Waals surface area contributed by atoms with Crippen LogP contribution in [0.1, 0.15) is 0 Å². The average Bonchev–Trinajstić information content (AvgIpc) is 3.66. The normalized spacial score (nSPS) is 11.7. The molecule has 8 aromatic rings. The molecular weight excluding hydrogens is 721 g/mol. The summed E-state index contributed by atoms with van der Waals surface area (Å²) >= 11 is 0. The molecule has 1 heterocycles. The van der Waals surface area contributed by atoms with Gasteiger partial charge in [-0.2, -0.15) is 0 Å². The van der Waals surface area contributed by atoms with Crippen molar-refractivity contribution in [3.05, 3.63) is 6.07 Å². The van der Waals surface area contributed by atoms with E-state index in [0.717, 1.165) is 11.2 Å². The summed E-state index contributed by atoms with van der Waals surface area (Å²) in [5.74, 6) is 0. The molecule has 0 radical (unpaired) electrons. The van der Waals surface area contributed by atoms with Gasteiger partial charge in [0.05, 0.1) is 0 Å². The maximum atomic E-state index is 7.02. The first-order valence-corrected chi connectivity index (χ1v) is 23.0. The summed E-state index contributed by atoms with van der Waals surface area (Å²) in [6.07, 6.45) is 0. The lowest BCUT2D eigenvalue weighted by Crippen LogP contribution is -2.56. The predicted molar refractivity (Wildman–Crippen MR) is 353 cm³/mol.